The number of anilines is 1. The van der Waals surface area contributed by atoms with Crippen LogP contribution >= 0.6 is 0 Å². The second-order valence-corrected chi connectivity index (χ2v) is 3.49. The molecule has 0 spiro atoms. The van der Waals surface area contributed by atoms with Gasteiger partial charge >= 0.3 is 0 Å². The first-order valence-electron chi connectivity index (χ1n) is 4.52. The summed E-state index contributed by atoms with van der Waals surface area (Å²) in [7, 11) is 0. The minimum Gasteiger partial charge on any atom is -0.399 e. The predicted octanol–water partition coefficient (Wildman–Crippen LogP) is 1.30. The van der Waals surface area contributed by atoms with E-state index in [4.69, 9.17) is 5.73 Å². The summed E-state index contributed by atoms with van der Waals surface area (Å²) in [5.74, 6) is -0.923. The maximum absolute atomic E-state index is 13.2. The number of amides is 1. The maximum atomic E-state index is 13.2. The Labute approximate surface area is 81.1 Å². The summed E-state index contributed by atoms with van der Waals surface area (Å²) in [5.41, 5.74) is 5.76. The normalized spacial score (nSPS) is 15.2. The monoisotopic (exact) mass is 194 g/mol. The van der Waals surface area contributed by atoms with Gasteiger partial charge in [-0.05, 0) is 31.0 Å². The van der Waals surface area contributed by atoms with Crippen molar-refractivity contribution in [3.8, 4) is 0 Å². The highest BCUT2D eigenvalue weighted by atomic mass is 19.1. The zero-order valence-corrected chi connectivity index (χ0v) is 7.59. The van der Waals surface area contributed by atoms with Crippen LogP contribution in [0.25, 0.3) is 0 Å². The van der Waals surface area contributed by atoms with Gasteiger partial charge in [-0.15, -0.1) is 0 Å². The second kappa shape index (κ2) is 3.29. The summed E-state index contributed by atoms with van der Waals surface area (Å²) < 4.78 is 13.2. The largest absolute Gasteiger partial charge is 0.399 e. The molecule has 0 unspecified atom stereocenters. The Kier molecular flexibility index (Phi) is 2.11. The third-order valence-corrected chi connectivity index (χ3v) is 2.15. The van der Waals surface area contributed by atoms with Crippen LogP contribution in [0.2, 0.25) is 0 Å². The first-order chi connectivity index (χ1) is 6.66. The SMILES string of the molecule is Nc1ccc(C(=O)NC2CC2)c(F)c1. The molecule has 1 aliphatic carbocycles. The van der Waals surface area contributed by atoms with Crippen LogP contribution in [0, 0.1) is 5.82 Å². The molecular formula is C10H11FN2O. The Balaban J connectivity index is 2.17. The molecule has 1 fully saturated rings. The van der Waals surface area contributed by atoms with Gasteiger partial charge in [-0.3, -0.25) is 4.79 Å². The topological polar surface area (TPSA) is 55.1 Å². The molecule has 4 heteroatoms. The summed E-state index contributed by atoms with van der Waals surface area (Å²) in [6.45, 7) is 0. The van der Waals surface area contributed by atoms with Gasteiger partial charge < -0.3 is 11.1 Å². The molecule has 14 heavy (non-hydrogen) atoms. The average molecular weight is 194 g/mol. The number of carbonyl (C=O) groups is 1. The van der Waals surface area contributed by atoms with Gasteiger partial charge in [0.05, 0.1) is 5.56 Å². The van der Waals surface area contributed by atoms with Crippen LogP contribution in [0.1, 0.15) is 23.2 Å². The molecule has 1 aromatic rings. The highest BCUT2D eigenvalue weighted by Gasteiger charge is 2.24. The quantitative estimate of drug-likeness (QED) is 0.697. The number of nitrogens with two attached hydrogens (primary N) is 1. The Morgan fingerprint density at radius 1 is 1.50 bits per heavy atom. The molecule has 74 valence electrons. The van der Waals surface area contributed by atoms with Crippen LogP contribution in [0.4, 0.5) is 10.1 Å². The van der Waals surface area contributed by atoms with Crippen LogP contribution in [0.3, 0.4) is 0 Å². The predicted molar refractivity (Wildman–Crippen MR) is 51.3 cm³/mol. The molecule has 0 aliphatic heterocycles. The van der Waals surface area contributed by atoms with Crippen LogP contribution in [0.5, 0.6) is 0 Å². The molecule has 0 aromatic heterocycles. The van der Waals surface area contributed by atoms with E-state index in [2.05, 4.69) is 5.32 Å². The fourth-order valence-electron chi connectivity index (χ4n) is 1.21. The Hall–Kier alpha value is -1.58. The van der Waals surface area contributed by atoms with Gasteiger partial charge in [0.25, 0.3) is 5.91 Å². The van der Waals surface area contributed by atoms with Crippen molar-refractivity contribution in [2.24, 2.45) is 0 Å². The van der Waals surface area contributed by atoms with E-state index < -0.39 is 5.82 Å². The molecule has 3 N–H and O–H groups in total. The van der Waals surface area contributed by atoms with E-state index in [1.54, 1.807) is 0 Å². The van der Waals surface area contributed by atoms with Gasteiger partial charge in [-0.2, -0.15) is 0 Å². The Morgan fingerprint density at radius 2 is 2.21 bits per heavy atom. The molecule has 0 radical (unpaired) electrons. The van der Waals surface area contributed by atoms with Crippen molar-refractivity contribution in [2.75, 3.05) is 5.73 Å². The first-order valence-corrected chi connectivity index (χ1v) is 4.52. The van der Waals surface area contributed by atoms with Crippen molar-refractivity contribution < 1.29 is 9.18 Å². The van der Waals surface area contributed by atoms with Crippen LogP contribution < -0.4 is 11.1 Å². The van der Waals surface area contributed by atoms with Crippen molar-refractivity contribution in [1.82, 2.24) is 5.32 Å². The van der Waals surface area contributed by atoms with E-state index in [9.17, 15) is 9.18 Å². The second-order valence-electron chi connectivity index (χ2n) is 3.49. The van der Waals surface area contributed by atoms with E-state index in [1.807, 2.05) is 0 Å². The maximum Gasteiger partial charge on any atom is 0.254 e. The van der Waals surface area contributed by atoms with Crippen LogP contribution in [-0.2, 0) is 0 Å². The summed E-state index contributed by atoms with van der Waals surface area (Å²) in [4.78, 5) is 11.4. The fourth-order valence-corrected chi connectivity index (χ4v) is 1.21. The zero-order chi connectivity index (χ0) is 10.1. The highest BCUT2D eigenvalue weighted by Crippen LogP contribution is 2.20. The molecule has 1 amide bonds. The molecule has 1 saturated carbocycles. The number of nitrogen functional groups attached to an aromatic ring is 1. The van der Waals surface area contributed by atoms with E-state index >= 15 is 0 Å². The highest BCUT2D eigenvalue weighted by molar-refractivity contribution is 5.95. The minimum absolute atomic E-state index is 0.0612. The van der Waals surface area contributed by atoms with Crippen LogP contribution in [-0.4, -0.2) is 11.9 Å². The van der Waals surface area contributed by atoms with Gasteiger partial charge in [-0.25, -0.2) is 4.39 Å². The lowest BCUT2D eigenvalue weighted by Gasteiger charge is -2.04. The number of halogens is 1. The third kappa shape index (κ3) is 1.84. The van der Waals surface area contributed by atoms with Crippen molar-refractivity contribution >= 4 is 11.6 Å². The van der Waals surface area contributed by atoms with Gasteiger partial charge in [0.1, 0.15) is 5.82 Å². The van der Waals surface area contributed by atoms with Gasteiger partial charge in [0.2, 0.25) is 0 Å². The van der Waals surface area contributed by atoms with E-state index in [0.717, 1.165) is 18.9 Å². The lowest BCUT2D eigenvalue weighted by molar-refractivity contribution is 0.0947. The number of hydrogen-bond acceptors (Lipinski definition) is 2. The van der Waals surface area contributed by atoms with Gasteiger partial charge in [0, 0.05) is 11.7 Å². The summed E-state index contributed by atoms with van der Waals surface area (Å²) in [6.07, 6.45) is 1.98. The number of carbonyl (C=O) groups excluding carboxylic acids is 1. The van der Waals surface area contributed by atoms with Crippen molar-refractivity contribution in [3.63, 3.8) is 0 Å². The number of rotatable bonds is 2. The van der Waals surface area contributed by atoms with E-state index in [1.165, 1.54) is 12.1 Å². The van der Waals surface area contributed by atoms with E-state index in [0.29, 0.717) is 5.69 Å². The van der Waals surface area contributed by atoms with Crippen molar-refractivity contribution in [1.29, 1.82) is 0 Å². The number of benzene rings is 1. The fraction of sp³-hybridized carbons (Fsp3) is 0.300. The van der Waals surface area contributed by atoms with Crippen molar-refractivity contribution in [2.45, 2.75) is 18.9 Å². The third-order valence-electron chi connectivity index (χ3n) is 2.15. The first kappa shape index (κ1) is 8.99. The molecule has 3 nitrogen and oxygen atoms in total. The minimum atomic E-state index is -0.567. The van der Waals surface area contributed by atoms with E-state index in [-0.39, 0.29) is 17.5 Å². The summed E-state index contributed by atoms with van der Waals surface area (Å²) in [5, 5.41) is 2.71. The molecule has 0 saturated heterocycles. The molecule has 2 rings (SSSR count). The summed E-state index contributed by atoms with van der Waals surface area (Å²) in [6, 6.07) is 4.31. The average Bonchev–Trinajstić information content (AvgIpc) is 2.87. The molecule has 0 bridgehead atoms. The van der Waals surface area contributed by atoms with Crippen LogP contribution in [0.15, 0.2) is 18.2 Å². The molecule has 1 aliphatic rings. The number of hydrogen-bond donors (Lipinski definition) is 2. The summed E-state index contributed by atoms with van der Waals surface area (Å²) >= 11 is 0. The number of nitrogens with one attached hydrogen (secondary N) is 1. The van der Waals surface area contributed by atoms with Gasteiger partial charge in [0.15, 0.2) is 0 Å². The zero-order valence-electron chi connectivity index (χ0n) is 7.59. The Bertz CT molecular complexity index is 374. The van der Waals surface area contributed by atoms with Gasteiger partial charge in [-0.1, -0.05) is 0 Å². The molecule has 0 atom stereocenters. The van der Waals surface area contributed by atoms with Crippen molar-refractivity contribution in [3.05, 3.63) is 29.6 Å². The smallest absolute Gasteiger partial charge is 0.254 e. The Morgan fingerprint density at radius 3 is 2.79 bits per heavy atom. The molecule has 1 aromatic carbocycles. The lowest BCUT2D eigenvalue weighted by Crippen LogP contribution is -2.26. The molecule has 0 heterocycles. The molecular weight excluding hydrogens is 183 g/mol. The lowest BCUT2D eigenvalue weighted by atomic mass is 10.2. The standard InChI is InChI=1S/C10H11FN2O/c11-9-5-6(12)1-4-8(9)10(14)13-7-2-3-7/h1,4-5,7H,2-3,12H2,(H,13,14).